The molecule has 0 spiro atoms. The molecule has 0 radical (unpaired) electrons. The summed E-state index contributed by atoms with van der Waals surface area (Å²) < 4.78 is 0.686. The molecule has 0 unspecified atom stereocenters. The Morgan fingerprint density at radius 1 is 1.14 bits per heavy atom. The van der Waals surface area contributed by atoms with Gasteiger partial charge >= 0.3 is 5.97 Å². The molecule has 0 saturated carbocycles. The van der Waals surface area contributed by atoms with Crippen molar-refractivity contribution in [2.75, 3.05) is 11.1 Å². The van der Waals surface area contributed by atoms with Crippen LogP contribution in [0.25, 0.3) is 0 Å². The number of benzene rings is 2. The first kappa shape index (κ1) is 15.3. The second-order valence-corrected chi connectivity index (χ2v) is 5.45. The maximum Gasteiger partial charge on any atom is 0.335 e. The van der Waals surface area contributed by atoms with Crippen LogP contribution in [0.4, 0.5) is 11.4 Å². The van der Waals surface area contributed by atoms with E-state index in [1.165, 1.54) is 24.3 Å². The van der Waals surface area contributed by atoms with Gasteiger partial charge in [-0.25, -0.2) is 4.79 Å². The lowest BCUT2D eigenvalue weighted by atomic mass is 10.1. The van der Waals surface area contributed by atoms with Crippen LogP contribution in [-0.2, 0) is 0 Å². The Morgan fingerprint density at radius 3 is 2.38 bits per heavy atom. The summed E-state index contributed by atoms with van der Waals surface area (Å²) in [5, 5.41) is 11.9. The lowest BCUT2D eigenvalue weighted by Crippen LogP contribution is -2.13. The van der Waals surface area contributed by atoms with Crippen LogP contribution in [0.1, 0.15) is 20.7 Å². The van der Waals surface area contributed by atoms with Crippen LogP contribution >= 0.6 is 27.5 Å². The quantitative estimate of drug-likeness (QED) is 0.720. The van der Waals surface area contributed by atoms with E-state index in [0.717, 1.165) is 0 Å². The number of halogens is 2. The number of anilines is 2. The number of carboxylic acid groups (broad SMARTS) is 1. The van der Waals surface area contributed by atoms with Crippen molar-refractivity contribution in [1.82, 2.24) is 0 Å². The zero-order chi connectivity index (χ0) is 15.6. The van der Waals surface area contributed by atoms with Gasteiger partial charge < -0.3 is 16.2 Å². The summed E-state index contributed by atoms with van der Waals surface area (Å²) in [6.07, 6.45) is 0. The number of nitrogen functional groups attached to an aromatic ring is 1. The van der Waals surface area contributed by atoms with E-state index in [1.54, 1.807) is 12.1 Å². The molecular formula is C14H10BrClN2O3. The fourth-order valence-corrected chi connectivity index (χ4v) is 2.07. The zero-order valence-electron chi connectivity index (χ0n) is 10.6. The monoisotopic (exact) mass is 368 g/mol. The van der Waals surface area contributed by atoms with E-state index in [1.807, 2.05) is 0 Å². The average molecular weight is 370 g/mol. The Balaban J connectivity index is 2.23. The molecule has 21 heavy (non-hydrogen) atoms. The van der Waals surface area contributed by atoms with Crippen LogP contribution < -0.4 is 11.1 Å². The molecule has 1 amide bonds. The fraction of sp³-hybridized carbons (Fsp3) is 0. The van der Waals surface area contributed by atoms with Crippen LogP contribution in [0, 0.1) is 0 Å². The molecule has 108 valence electrons. The highest BCUT2D eigenvalue weighted by Crippen LogP contribution is 2.25. The minimum Gasteiger partial charge on any atom is -0.478 e. The molecule has 0 aliphatic carbocycles. The van der Waals surface area contributed by atoms with E-state index < -0.39 is 5.97 Å². The molecule has 2 rings (SSSR count). The molecule has 0 aromatic heterocycles. The SMILES string of the molecule is Nc1cc(C(=O)O)ccc1NC(=O)c1ccc(Br)c(Cl)c1. The van der Waals surface area contributed by atoms with Gasteiger partial charge in [-0.15, -0.1) is 0 Å². The number of nitrogens with one attached hydrogen (secondary N) is 1. The summed E-state index contributed by atoms with van der Waals surface area (Å²) in [5.74, 6) is -1.47. The van der Waals surface area contributed by atoms with Crippen molar-refractivity contribution in [3.8, 4) is 0 Å². The molecule has 2 aromatic carbocycles. The molecular weight excluding hydrogens is 360 g/mol. The molecule has 7 heteroatoms. The van der Waals surface area contributed by atoms with Crippen molar-refractivity contribution < 1.29 is 14.7 Å². The van der Waals surface area contributed by atoms with E-state index in [0.29, 0.717) is 20.7 Å². The molecule has 0 atom stereocenters. The molecule has 0 aliphatic heterocycles. The Bertz CT molecular complexity index is 734. The van der Waals surface area contributed by atoms with Gasteiger partial charge in [-0.1, -0.05) is 11.6 Å². The summed E-state index contributed by atoms with van der Waals surface area (Å²) in [6, 6.07) is 8.87. The number of hydrogen-bond donors (Lipinski definition) is 3. The molecule has 5 nitrogen and oxygen atoms in total. The number of carboxylic acids is 1. The molecule has 0 fully saturated rings. The van der Waals surface area contributed by atoms with Gasteiger partial charge in [0.05, 0.1) is 22.0 Å². The molecule has 0 bridgehead atoms. The van der Waals surface area contributed by atoms with Crippen LogP contribution in [0.15, 0.2) is 40.9 Å². The molecule has 0 saturated heterocycles. The minimum atomic E-state index is -1.08. The Morgan fingerprint density at radius 2 is 1.81 bits per heavy atom. The standard InChI is InChI=1S/C14H10BrClN2O3/c15-9-3-1-7(5-10(9)16)13(19)18-12-4-2-8(14(20)21)6-11(12)17/h1-6H,17H2,(H,18,19)(H,20,21). The van der Waals surface area contributed by atoms with Gasteiger partial charge in [-0.2, -0.15) is 0 Å². The molecule has 0 heterocycles. The van der Waals surface area contributed by atoms with E-state index in [2.05, 4.69) is 21.2 Å². The lowest BCUT2D eigenvalue weighted by molar-refractivity contribution is 0.0697. The van der Waals surface area contributed by atoms with Gasteiger partial charge in [-0.05, 0) is 52.3 Å². The first-order chi connectivity index (χ1) is 9.88. The first-order valence-corrected chi connectivity index (χ1v) is 6.95. The third-order valence-electron chi connectivity index (χ3n) is 2.73. The van der Waals surface area contributed by atoms with Crippen LogP contribution in [0.5, 0.6) is 0 Å². The van der Waals surface area contributed by atoms with Gasteiger partial charge in [0.2, 0.25) is 0 Å². The Hall–Kier alpha value is -2.05. The number of hydrogen-bond acceptors (Lipinski definition) is 3. The van der Waals surface area contributed by atoms with Crippen molar-refractivity contribution in [3.63, 3.8) is 0 Å². The van der Waals surface area contributed by atoms with Crippen molar-refractivity contribution in [1.29, 1.82) is 0 Å². The van der Waals surface area contributed by atoms with Crippen LogP contribution in [-0.4, -0.2) is 17.0 Å². The van der Waals surface area contributed by atoms with Gasteiger partial charge in [0, 0.05) is 10.0 Å². The predicted molar refractivity (Wildman–Crippen MR) is 84.9 cm³/mol. The number of amides is 1. The lowest BCUT2D eigenvalue weighted by Gasteiger charge is -2.09. The highest BCUT2D eigenvalue weighted by molar-refractivity contribution is 9.10. The van der Waals surface area contributed by atoms with E-state index in [4.69, 9.17) is 22.4 Å². The average Bonchev–Trinajstić information content (AvgIpc) is 2.43. The van der Waals surface area contributed by atoms with E-state index in [9.17, 15) is 9.59 Å². The van der Waals surface area contributed by atoms with Crippen molar-refractivity contribution in [3.05, 3.63) is 57.0 Å². The summed E-state index contributed by atoms with van der Waals surface area (Å²) in [7, 11) is 0. The molecule has 2 aromatic rings. The maximum absolute atomic E-state index is 12.1. The number of carbonyl (C=O) groups is 2. The second kappa shape index (κ2) is 6.15. The number of carbonyl (C=O) groups excluding carboxylic acids is 1. The van der Waals surface area contributed by atoms with E-state index in [-0.39, 0.29) is 17.2 Å². The third-order valence-corrected chi connectivity index (χ3v) is 3.96. The van der Waals surface area contributed by atoms with Crippen molar-refractivity contribution >= 4 is 50.8 Å². The highest BCUT2D eigenvalue weighted by Gasteiger charge is 2.11. The summed E-state index contributed by atoms with van der Waals surface area (Å²) in [4.78, 5) is 22.9. The summed E-state index contributed by atoms with van der Waals surface area (Å²) in [5.41, 5.74) is 6.66. The summed E-state index contributed by atoms with van der Waals surface area (Å²) in [6.45, 7) is 0. The second-order valence-electron chi connectivity index (χ2n) is 4.19. The fourth-order valence-electron chi connectivity index (χ4n) is 1.64. The first-order valence-electron chi connectivity index (χ1n) is 5.77. The topological polar surface area (TPSA) is 92.4 Å². The highest BCUT2D eigenvalue weighted by atomic mass is 79.9. The minimum absolute atomic E-state index is 0.0529. The van der Waals surface area contributed by atoms with Crippen LogP contribution in [0.2, 0.25) is 5.02 Å². The Kier molecular flexibility index (Phi) is 4.50. The maximum atomic E-state index is 12.1. The van der Waals surface area contributed by atoms with Crippen LogP contribution in [0.3, 0.4) is 0 Å². The summed E-state index contributed by atoms with van der Waals surface area (Å²) >= 11 is 9.17. The normalized spacial score (nSPS) is 10.2. The third kappa shape index (κ3) is 3.53. The Labute approximate surface area is 133 Å². The number of rotatable bonds is 3. The molecule has 0 aliphatic rings. The smallest absolute Gasteiger partial charge is 0.335 e. The molecule has 4 N–H and O–H groups in total. The number of nitrogens with two attached hydrogens (primary N) is 1. The van der Waals surface area contributed by atoms with Gasteiger partial charge in [0.1, 0.15) is 0 Å². The van der Waals surface area contributed by atoms with Crippen molar-refractivity contribution in [2.45, 2.75) is 0 Å². The number of aromatic carboxylic acids is 1. The predicted octanol–water partition coefficient (Wildman–Crippen LogP) is 3.64. The van der Waals surface area contributed by atoms with Gasteiger partial charge in [0.25, 0.3) is 5.91 Å². The van der Waals surface area contributed by atoms with Gasteiger partial charge in [-0.3, -0.25) is 4.79 Å². The van der Waals surface area contributed by atoms with Crippen molar-refractivity contribution in [2.24, 2.45) is 0 Å². The largest absolute Gasteiger partial charge is 0.478 e. The van der Waals surface area contributed by atoms with E-state index >= 15 is 0 Å². The van der Waals surface area contributed by atoms with Gasteiger partial charge in [0.15, 0.2) is 0 Å². The zero-order valence-corrected chi connectivity index (χ0v) is 12.9.